The number of nitrogens with two attached hydrogens (primary N) is 1. The Morgan fingerprint density at radius 3 is 2.05 bits per heavy atom. The third-order valence-corrected chi connectivity index (χ3v) is 7.47. The zero-order chi connectivity index (χ0) is 29.8. The van der Waals surface area contributed by atoms with E-state index in [0.717, 1.165) is 11.1 Å². The summed E-state index contributed by atoms with van der Waals surface area (Å²) in [5, 5.41) is 21.5. The van der Waals surface area contributed by atoms with Crippen LogP contribution in [0, 0.1) is 5.41 Å². The highest BCUT2D eigenvalue weighted by Crippen LogP contribution is 2.11. The Balaban J connectivity index is 1.60. The van der Waals surface area contributed by atoms with E-state index in [1.165, 1.54) is 12.1 Å². The molecular formula is C29H33N5O6S. The van der Waals surface area contributed by atoms with E-state index in [-0.39, 0.29) is 31.8 Å². The number of rotatable bonds is 15. The highest BCUT2D eigenvalue weighted by molar-refractivity contribution is 7.88. The van der Waals surface area contributed by atoms with Crippen molar-refractivity contribution < 1.29 is 27.9 Å². The van der Waals surface area contributed by atoms with Gasteiger partial charge in [-0.15, -0.1) is 0 Å². The van der Waals surface area contributed by atoms with Gasteiger partial charge in [-0.3, -0.25) is 19.8 Å². The summed E-state index contributed by atoms with van der Waals surface area (Å²) >= 11 is 0. The van der Waals surface area contributed by atoms with Crippen molar-refractivity contribution >= 4 is 33.6 Å². The van der Waals surface area contributed by atoms with Gasteiger partial charge in [-0.2, -0.15) is 0 Å². The molecule has 3 rings (SSSR count). The first-order valence-corrected chi connectivity index (χ1v) is 14.5. The molecule has 0 aliphatic rings. The zero-order valence-electron chi connectivity index (χ0n) is 22.3. The number of hydrogen-bond donors (Lipinski definition) is 6. The number of sulfonamides is 1. The van der Waals surface area contributed by atoms with Gasteiger partial charge >= 0.3 is 5.97 Å². The van der Waals surface area contributed by atoms with Crippen LogP contribution in [0.25, 0.3) is 0 Å². The van der Waals surface area contributed by atoms with E-state index < -0.39 is 39.6 Å². The monoisotopic (exact) mass is 579 g/mol. The predicted octanol–water partition coefficient (Wildman–Crippen LogP) is 1.45. The molecule has 12 heteroatoms. The molecule has 0 radical (unpaired) electrons. The summed E-state index contributed by atoms with van der Waals surface area (Å²) in [6, 6.07) is 21.1. The van der Waals surface area contributed by atoms with Crippen molar-refractivity contribution in [2.45, 2.75) is 37.6 Å². The van der Waals surface area contributed by atoms with E-state index in [0.29, 0.717) is 23.1 Å². The molecule has 0 aromatic heterocycles. The number of aryl methyl sites for hydroxylation is 1. The number of nitrogens with one attached hydrogen (secondary N) is 4. The lowest BCUT2D eigenvalue weighted by molar-refractivity contribution is -0.136. The smallest absolute Gasteiger partial charge is 0.307 e. The summed E-state index contributed by atoms with van der Waals surface area (Å²) in [4.78, 5) is 36.3. The fraction of sp³-hybridized carbons (Fsp3) is 0.241. The largest absolute Gasteiger partial charge is 0.481 e. The van der Waals surface area contributed by atoms with Crippen molar-refractivity contribution in [1.29, 1.82) is 5.41 Å². The molecule has 0 saturated heterocycles. The van der Waals surface area contributed by atoms with Crippen LogP contribution in [-0.4, -0.2) is 49.7 Å². The average Bonchev–Trinajstić information content (AvgIpc) is 2.94. The standard InChI is InChI=1S/C29H33N5O6S/c30-28(31)24-13-10-22(11-14-24)17-32-26(35)18-33-29(38)25(15-12-20-4-2-1-3-5-20)34-41(39,40)19-23-8-6-21(7-9-23)16-27(36)37/h1-11,13-14,25,34H,12,15-19H2,(H3,30,31)(H,32,35)(H,33,38)(H,36,37)/t25-/m1/s1. The Morgan fingerprint density at radius 2 is 1.44 bits per heavy atom. The minimum absolute atomic E-state index is 0.0608. The van der Waals surface area contributed by atoms with Gasteiger partial charge in [0.1, 0.15) is 11.9 Å². The minimum atomic E-state index is -3.97. The van der Waals surface area contributed by atoms with Gasteiger partial charge in [-0.1, -0.05) is 78.9 Å². The topological polar surface area (TPSA) is 192 Å². The molecule has 7 N–H and O–H groups in total. The van der Waals surface area contributed by atoms with E-state index in [1.54, 1.807) is 36.4 Å². The molecule has 41 heavy (non-hydrogen) atoms. The highest BCUT2D eigenvalue weighted by atomic mass is 32.2. The van der Waals surface area contributed by atoms with Crippen LogP contribution >= 0.6 is 0 Å². The molecule has 0 aliphatic carbocycles. The maximum Gasteiger partial charge on any atom is 0.307 e. The van der Waals surface area contributed by atoms with Crippen molar-refractivity contribution in [2.75, 3.05) is 6.54 Å². The van der Waals surface area contributed by atoms with Crippen molar-refractivity contribution in [3.8, 4) is 0 Å². The summed E-state index contributed by atoms with van der Waals surface area (Å²) in [5.74, 6) is -2.55. The number of nitrogen functional groups attached to an aromatic ring is 1. The van der Waals surface area contributed by atoms with Crippen LogP contribution < -0.4 is 21.1 Å². The lowest BCUT2D eigenvalue weighted by atomic mass is 10.1. The Labute approximate surface area is 238 Å². The Hall–Kier alpha value is -4.55. The SMILES string of the molecule is N=C(N)c1ccc(CNC(=O)CNC(=O)[C@@H](CCc2ccccc2)NS(=O)(=O)Cc2ccc(CC(=O)O)cc2)cc1. The molecule has 0 heterocycles. The first-order valence-electron chi connectivity index (χ1n) is 12.8. The third-order valence-electron chi connectivity index (χ3n) is 6.12. The molecule has 0 saturated carbocycles. The number of carbonyl (C=O) groups is 3. The average molecular weight is 580 g/mol. The van der Waals surface area contributed by atoms with Crippen LogP contribution in [0.1, 0.15) is 34.2 Å². The van der Waals surface area contributed by atoms with Crippen LogP contribution in [0.2, 0.25) is 0 Å². The van der Waals surface area contributed by atoms with Gasteiger partial charge in [0.05, 0.1) is 18.7 Å². The molecule has 0 bridgehead atoms. The second-order valence-electron chi connectivity index (χ2n) is 9.45. The van der Waals surface area contributed by atoms with E-state index in [4.69, 9.17) is 16.2 Å². The fourth-order valence-electron chi connectivity index (χ4n) is 3.96. The molecule has 1 atom stereocenters. The van der Waals surface area contributed by atoms with Crippen molar-refractivity contribution in [2.24, 2.45) is 5.73 Å². The summed E-state index contributed by atoms with van der Waals surface area (Å²) in [6.07, 6.45) is 0.414. The number of hydrogen-bond acceptors (Lipinski definition) is 6. The van der Waals surface area contributed by atoms with Gasteiger partial charge in [-0.25, -0.2) is 13.1 Å². The Morgan fingerprint density at radius 1 is 0.829 bits per heavy atom. The number of amidine groups is 1. The van der Waals surface area contributed by atoms with Crippen LogP contribution in [0.15, 0.2) is 78.9 Å². The van der Waals surface area contributed by atoms with Gasteiger partial charge < -0.3 is 21.5 Å². The zero-order valence-corrected chi connectivity index (χ0v) is 23.1. The summed E-state index contributed by atoms with van der Waals surface area (Å²) < 4.78 is 28.4. The van der Waals surface area contributed by atoms with Gasteiger partial charge in [0.2, 0.25) is 21.8 Å². The fourth-order valence-corrected chi connectivity index (χ4v) is 5.33. The predicted molar refractivity (Wildman–Crippen MR) is 154 cm³/mol. The first kappa shape index (κ1) is 31.0. The van der Waals surface area contributed by atoms with Gasteiger partial charge in [0.15, 0.2) is 0 Å². The van der Waals surface area contributed by atoms with Crippen LogP contribution in [-0.2, 0) is 49.5 Å². The van der Waals surface area contributed by atoms with E-state index in [2.05, 4.69) is 15.4 Å². The maximum absolute atomic E-state index is 13.0. The maximum atomic E-state index is 13.0. The minimum Gasteiger partial charge on any atom is -0.481 e. The summed E-state index contributed by atoms with van der Waals surface area (Å²) in [6.45, 7) is -0.152. The molecule has 3 aromatic rings. The number of carboxylic acid groups (broad SMARTS) is 1. The van der Waals surface area contributed by atoms with E-state index >= 15 is 0 Å². The van der Waals surface area contributed by atoms with E-state index in [1.807, 2.05) is 30.3 Å². The second kappa shape index (κ2) is 14.7. The first-order chi connectivity index (χ1) is 19.5. The number of amides is 2. The van der Waals surface area contributed by atoms with Crippen LogP contribution in [0.4, 0.5) is 0 Å². The number of benzene rings is 3. The normalized spacial score (nSPS) is 11.8. The molecule has 0 aliphatic heterocycles. The van der Waals surface area contributed by atoms with Crippen molar-refractivity contribution in [3.05, 3.63) is 107 Å². The molecule has 216 valence electrons. The van der Waals surface area contributed by atoms with Gasteiger partial charge in [-0.05, 0) is 35.1 Å². The quantitative estimate of drug-likeness (QED) is 0.116. The second-order valence-corrected chi connectivity index (χ2v) is 11.2. The lowest BCUT2D eigenvalue weighted by Crippen LogP contribution is -2.49. The Kier molecular flexibility index (Phi) is 11.1. The molecule has 0 unspecified atom stereocenters. The molecule has 11 nitrogen and oxygen atoms in total. The number of carbonyl (C=O) groups excluding carboxylic acids is 2. The van der Waals surface area contributed by atoms with Crippen LogP contribution in [0.3, 0.4) is 0 Å². The third kappa shape index (κ3) is 10.9. The van der Waals surface area contributed by atoms with Crippen molar-refractivity contribution in [3.63, 3.8) is 0 Å². The summed E-state index contributed by atoms with van der Waals surface area (Å²) in [7, 11) is -3.97. The Bertz CT molecular complexity index is 1460. The number of aliphatic carboxylic acids is 1. The van der Waals surface area contributed by atoms with Crippen LogP contribution in [0.5, 0.6) is 0 Å². The number of carboxylic acids is 1. The molecule has 2 amide bonds. The van der Waals surface area contributed by atoms with Gasteiger partial charge in [0.25, 0.3) is 0 Å². The molecule has 0 fully saturated rings. The molecule has 0 spiro atoms. The van der Waals surface area contributed by atoms with Gasteiger partial charge in [0, 0.05) is 12.1 Å². The van der Waals surface area contributed by atoms with Crippen molar-refractivity contribution in [1.82, 2.24) is 15.4 Å². The highest BCUT2D eigenvalue weighted by Gasteiger charge is 2.25. The summed E-state index contributed by atoms with van der Waals surface area (Å²) in [5.41, 5.74) is 8.68. The molecular weight excluding hydrogens is 546 g/mol. The lowest BCUT2D eigenvalue weighted by Gasteiger charge is -2.19. The van der Waals surface area contributed by atoms with E-state index in [9.17, 15) is 22.8 Å². The molecule has 3 aromatic carbocycles.